The van der Waals surface area contributed by atoms with E-state index in [2.05, 4.69) is 0 Å². The van der Waals surface area contributed by atoms with Gasteiger partial charge in [-0.05, 0) is 20.8 Å². The number of ether oxygens (including phenoxy) is 1. The molecular formula is C11H18N2O6S. The molecule has 1 amide bonds. The van der Waals surface area contributed by atoms with Gasteiger partial charge in [0.15, 0.2) is 15.2 Å². The Balaban J connectivity index is 2.45. The monoisotopic (exact) mass is 306 g/mol. The zero-order chi connectivity index (χ0) is 15.5. The topological polar surface area (TPSA) is 127 Å². The average molecular weight is 306 g/mol. The number of nitrogens with zero attached hydrogens (tertiary/aromatic N) is 1. The maximum absolute atomic E-state index is 12.5. The maximum atomic E-state index is 12.5. The lowest BCUT2D eigenvalue weighted by Crippen LogP contribution is -2.68. The first-order valence-electron chi connectivity index (χ1n) is 6.24. The summed E-state index contributed by atoms with van der Waals surface area (Å²) >= 11 is 0. The Morgan fingerprint density at radius 3 is 2.55 bits per heavy atom. The molecule has 2 aliphatic rings. The van der Waals surface area contributed by atoms with Crippen molar-refractivity contribution in [3.63, 3.8) is 0 Å². The van der Waals surface area contributed by atoms with Gasteiger partial charge in [-0.1, -0.05) is 0 Å². The predicted octanol–water partition coefficient (Wildman–Crippen LogP) is -1.25. The fourth-order valence-corrected chi connectivity index (χ4v) is 5.27. The highest BCUT2D eigenvalue weighted by Crippen LogP contribution is 2.49. The number of rotatable bonds is 4. The summed E-state index contributed by atoms with van der Waals surface area (Å²) in [6, 6.07) is -1.39. The minimum Gasteiger partial charge on any atom is -0.480 e. The van der Waals surface area contributed by atoms with Crippen molar-refractivity contribution >= 4 is 21.7 Å². The van der Waals surface area contributed by atoms with Crippen molar-refractivity contribution in [2.75, 3.05) is 6.61 Å². The number of amides is 1. The molecule has 3 N–H and O–H groups in total. The SMILES string of the molecule is CCOC(N)[C@@H]1C(=O)N2[C@@H](C(=O)O)C(C)(C)S(=O)(=O)[C@H]12. The molecule has 4 atom stereocenters. The van der Waals surface area contributed by atoms with E-state index in [9.17, 15) is 23.1 Å². The van der Waals surface area contributed by atoms with Gasteiger partial charge in [0.2, 0.25) is 5.91 Å². The molecular weight excluding hydrogens is 288 g/mol. The van der Waals surface area contributed by atoms with E-state index in [4.69, 9.17) is 10.5 Å². The second-order valence-electron chi connectivity index (χ2n) is 5.47. The first-order valence-corrected chi connectivity index (χ1v) is 7.79. The van der Waals surface area contributed by atoms with Gasteiger partial charge in [-0.15, -0.1) is 0 Å². The Morgan fingerprint density at radius 2 is 2.10 bits per heavy atom. The van der Waals surface area contributed by atoms with E-state index >= 15 is 0 Å². The van der Waals surface area contributed by atoms with Crippen LogP contribution in [-0.4, -0.2) is 59.3 Å². The second-order valence-corrected chi connectivity index (χ2v) is 8.10. The van der Waals surface area contributed by atoms with Gasteiger partial charge in [-0.2, -0.15) is 0 Å². The molecule has 1 unspecified atom stereocenters. The molecule has 8 nitrogen and oxygen atoms in total. The van der Waals surface area contributed by atoms with Gasteiger partial charge in [0, 0.05) is 6.61 Å². The van der Waals surface area contributed by atoms with Gasteiger partial charge in [0.1, 0.15) is 18.2 Å². The van der Waals surface area contributed by atoms with Crippen LogP contribution in [-0.2, 0) is 24.2 Å². The summed E-state index contributed by atoms with van der Waals surface area (Å²) in [6.45, 7) is 4.54. The highest BCUT2D eigenvalue weighted by Gasteiger charge is 2.73. The molecule has 0 bridgehead atoms. The molecule has 0 spiro atoms. The van der Waals surface area contributed by atoms with Gasteiger partial charge in [-0.3, -0.25) is 4.79 Å². The van der Waals surface area contributed by atoms with Crippen molar-refractivity contribution in [1.82, 2.24) is 4.90 Å². The van der Waals surface area contributed by atoms with E-state index in [1.165, 1.54) is 13.8 Å². The number of carboxylic acids is 1. The zero-order valence-electron chi connectivity index (χ0n) is 11.4. The fourth-order valence-electron chi connectivity index (χ4n) is 2.94. The van der Waals surface area contributed by atoms with Crippen molar-refractivity contribution in [2.45, 2.75) is 43.2 Å². The molecule has 2 rings (SSSR count). The van der Waals surface area contributed by atoms with Crippen LogP contribution in [0.5, 0.6) is 0 Å². The molecule has 114 valence electrons. The Bertz CT molecular complexity index is 557. The lowest BCUT2D eigenvalue weighted by molar-refractivity contribution is -0.171. The van der Waals surface area contributed by atoms with E-state index in [0.717, 1.165) is 4.90 Å². The molecule has 0 aromatic rings. The summed E-state index contributed by atoms with van der Waals surface area (Å²) in [5.74, 6) is -2.96. The standard InChI is InChI=1S/C11H18N2O6S/c1-4-19-7(12)5-8(14)13-6(10(15)16)11(2,3)20(17,18)9(5)13/h5-7,9H,4,12H2,1-3H3,(H,15,16)/t5-,6+,7?,9-/m1/s1. The summed E-state index contributed by atoms with van der Waals surface area (Å²) in [6.07, 6.45) is -1.05. The third-order valence-corrected chi connectivity index (χ3v) is 6.90. The lowest BCUT2D eigenvalue weighted by Gasteiger charge is -2.44. The quantitative estimate of drug-likeness (QED) is 0.491. The molecule has 20 heavy (non-hydrogen) atoms. The molecule has 9 heteroatoms. The summed E-state index contributed by atoms with van der Waals surface area (Å²) in [7, 11) is -3.84. The Hall–Kier alpha value is -1.19. The van der Waals surface area contributed by atoms with Gasteiger partial charge >= 0.3 is 5.97 Å². The second kappa shape index (κ2) is 4.40. The highest BCUT2D eigenvalue weighted by atomic mass is 32.2. The molecule has 0 aromatic carbocycles. The molecule has 2 saturated heterocycles. The van der Waals surface area contributed by atoms with E-state index in [-0.39, 0.29) is 6.61 Å². The number of β-lactam (4-membered cyclic amide) rings is 1. The summed E-state index contributed by atoms with van der Waals surface area (Å²) in [5.41, 5.74) is 5.69. The molecule has 0 saturated carbocycles. The number of carboxylic acid groups (broad SMARTS) is 1. The normalized spacial score (nSPS) is 35.3. The Morgan fingerprint density at radius 1 is 1.55 bits per heavy atom. The average Bonchev–Trinajstić information content (AvgIpc) is 2.43. The molecule has 0 aliphatic carbocycles. The number of carbonyl (C=O) groups excluding carboxylic acids is 1. The fraction of sp³-hybridized carbons (Fsp3) is 0.818. The molecule has 2 fully saturated rings. The summed E-state index contributed by atoms with van der Waals surface area (Å²) < 4.78 is 28.5. The van der Waals surface area contributed by atoms with Crippen LogP contribution in [0.3, 0.4) is 0 Å². The summed E-state index contributed by atoms with van der Waals surface area (Å²) in [4.78, 5) is 24.3. The van der Waals surface area contributed by atoms with E-state index in [1.807, 2.05) is 0 Å². The van der Waals surface area contributed by atoms with Crippen LogP contribution in [0.4, 0.5) is 0 Å². The van der Waals surface area contributed by atoms with E-state index < -0.39 is 50.0 Å². The maximum Gasteiger partial charge on any atom is 0.328 e. The number of carbonyl (C=O) groups is 2. The van der Waals surface area contributed by atoms with Crippen LogP contribution in [0.2, 0.25) is 0 Å². The number of aliphatic carboxylic acids is 1. The van der Waals surface area contributed by atoms with Crippen molar-refractivity contribution < 1.29 is 27.9 Å². The van der Waals surface area contributed by atoms with Crippen LogP contribution < -0.4 is 5.73 Å². The van der Waals surface area contributed by atoms with E-state index in [1.54, 1.807) is 6.92 Å². The molecule has 0 radical (unpaired) electrons. The number of fused-ring (bicyclic) bond motifs is 1. The van der Waals surface area contributed by atoms with Gasteiger partial charge in [0.05, 0.1) is 4.75 Å². The van der Waals surface area contributed by atoms with Crippen LogP contribution in [0.1, 0.15) is 20.8 Å². The zero-order valence-corrected chi connectivity index (χ0v) is 12.3. The van der Waals surface area contributed by atoms with E-state index in [0.29, 0.717) is 0 Å². The minimum absolute atomic E-state index is 0.240. The van der Waals surface area contributed by atoms with Crippen LogP contribution in [0.25, 0.3) is 0 Å². The number of sulfone groups is 1. The smallest absolute Gasteiger partial charge is 0.328 e. The van der Waals surface area contributed by atoms with Gasteiger partial charge in [-0.25, -0.2) is 13.2 Å². The number of nitrogens with two attached hydrogens (primary N) is 1. The van der Waals surface area contributed by atoms with Crippen LogP contribution >= 0.6 is 0 Å². The summed E-state index contributed by atoms with van der Waals surface area (Å²) in [5, 5.41) is 8.01. The highest BCUT2D eigenvalue weighted by molar-refractivity contribution is 7.93. The van der Waals surface area contributed by atoms with Crippen molar-refractivity contribution in [2.24, 2.45) is 11.7 Å². The van der Waals surface area contributed by atoms with Crippen LogP contribution in [0, 0.1) is 5.92 Å². The first-order chi connectivity index (χ1) is 9.09. The van der Waals surface area contributed by atoms with Crippen molar-refractivity contribution in [3.8, 4) is 0 Å². The van der Waals surface area contributed by atoms with Crippen LogP contribution in [0.15, 0.2) is 0 Å². The Labute approximate surface area is 116 Å². The van der Waals surface area contributed by atoms with Crippen molar-refractivity contribution in [3.05, 3.63) is 0 Å². The largest absolute Gasteiger partial charge is 0.480 e. The molecule has 0 aromatic heterocycles. The number of hydrogen-bond donors (Lipinski definition) is 2. The third kappa shape index (κ3) is 1.63. The third-order valence-electron chi connectivity index (χ3n) is 4.06. The van der Waals surface area contributed by atoms with Crippen molar-refractivity contribution in [1.29, 1.82) is 0 Å². The lowest BCUT2D eigenvalue weighted by atomic mass is 9.90. The minimum atomic E-state index is -3.84. The molecule has 2 aliphatic heterocycles. The number of hydrogen-bond acceptors (Lipinski definition) is 6. The molecule has 2 heterocycles. The predicted molar refractivity (Wildman–Crippen MR) is 68.1 cm³/mol. The first kappa shape index (κ1) is 15.2. The van der Waals surface area contributed by atoms with Gasteiger partial charge in [0.25, 0.3) is 0 Å². The Kier molecular flexibility index (Phi) is 3.35. The van der Waals surface area contributed by atoms with Gasteiger partial charge < -0.3 is 20.5 Å².